The molecule has 2 aromatic carbocycles. The number of sulfonamides is 1. The van der Waals surface area contributed by atoms with Crippen molar-refractivity contribution in [2.45, 2.75) is 24.2 Å². The summed E-state index contributed by atoms with van der Waals surface area (Å²) in [6.07, 6.45) is 2.07. The monoisotopic (exact) mass is 485 g/mol. The summed E-state index contributed by atoms with van der Waals surface area (Å²) in [6, 6.07) is 12.2. The van der Waals surface area contributed by atoms with Crippen molar-refractivity contribution in [3.05, 3.63) is 53.2 Å². The Balaban J connectivity index is 1.60. The number of ether oxygens (including phenoxy) is 1. The van der Waals surface area contributed by atoms with Crippen LogP contribution in [0.2, 0.25) is 5.02 Å². The molecule has 28 heavy (non-hydrogen) atoms. The van der Waals surface area contributed by atoms with Gasteiger partial charge in [-0.15, -0.1) is 0 Å². The number of rotatable bonds is 10. The highest BCUT2D eigenvalue weighted by Gasteiger charge is 2.18. The second kappa shape index (κ2) is 9.73. The molecule has 0 fully saturated rings. The number of aryl methyl sites for hydroxylation is 1. The van der Waals surface area contributed by atoms with Crippen molar-refractivity contribution in [1.82, 2.24) is 14.9 Å². The van der Waals surface area contributed by atoms with Gasteiger partial charge in [0.2, 0.25) is 10.0 Å². The van der Waals surface area contributed by atoms with E-state index in [4.69, 9.17) is 16.3 Å². The first kappa shape index (κ1) is 21.1. The molecule has 1 aromatic heterocycles. The first-order valence-corrected chi connectivity index (χ1v) is 11.9. The summed E-state index contributed by atoms with van der Waals surface area (Å²) in [7, 11) is -3.65. The highest BCUT2D eigenvalue weighted by Crippen LogP contribution is 2.24. The molecule has 6 nitrogen and oxygen atoms in total. The summed E-state index contributed by atoms with van der Waals surface area (Å²) in [5.74, 6) is 0.366. The Labute approximate surface area is 177 Å². The lowest BCUT2D eigenvalue weighted by Gasteiger charge is -2.12. The van der Waals surface area contributed by atoms with Gasteiger partial charge in [-0.25, -0.2) is 13.1 Å². The molecule has 0 bridgehead atoms. The highest BCUT2D eigenvalue weighted by atomic mass is 79.9. The zero-order chi connectivity index (χ0) is 20.0. The number of benzene rings is 2. The van der Waals surface area contributed by atoms with Crippen LogP contribution in [0.25, 0.3) is 10.9 Å². The fraction of sp³-hybridized carbons (Fsp3) is 0.316. The Kier molecular flexibility index (Phi) is 7.34. The normalized spacial score (nSPS) is 11.8. The quantitative estimate of drug-likeness (QED) is 0.331. The fourth-order valence-corrected chi connectivity index (χ4v) is 4.42. The maximum atomic E-state index is 12.7. The van der Waals surface area contributed by atoms with E-state index in [-0.39, 0.29) is 4.90 Å². The first-order chi connectivity index (χ1) is 13.5. The topological polar surface area (TPSA) is 84.1 Å². The third-order valence-electron chi connectivity index (χ3n) is 4.16. The smallest absolute Gasteiger partial charge is 0.244 e. The molecule has 0 radical (unpaired) electrons. The van der Waals surface area contributed by atoms with Crippen molar-refractivity contribution < 1.29 is 13.2 Å². The molecule has 0 aliphatic rings. The number of para-hydroxylation sites is 1. The Morgan fingerprint density at radius 1 is 1.18 bits per heavy atom. The van der Waals surface area contributed by atoms with Crippen LogP contribution < -0.4 is 9.46 Å². The number of aromatic amines is 1. The standard InChI is InChI=1S/C19H21BrClN3O3S/c20-10-4-12-27-18-6-1-2-7-19(18)28(25,26)22-11-3-5-16-15-13-14(21)8-9-17(15)24-23-16/h1-2,6-9,13,22H,3-5,10-12H2,(H,23,24). The van der Waals surface area contributed by atoms with E-state index in [1.165, 1.54) is 0 Å². The SMILES string of the molecule is O=S(=O)(NCCCc1[nH]nc2ccc(Cl)cc12)c1ccccc1OCCCBr. The van der Waals surface area contributed by atoms with Crippen LogP contribution in [0.3, 0.4) is 0 Å². The molecular weight excluding hydrogens is 466 g/mol. The summed E-state index contributed by atoms with van der Waals surface area (Å²) in [6.45, 7) is 0.756. The predicted octanol–water partition coefficient (Wildman–Crippen LogP) is 4.29. The zero-order valence-corrected chi connectivity index (χ0v) is 18.3. The van der Waals surface area contributed by atoms with E-state index >= 15 is 0 Å². The second-order valence-corrected chi connectivity index (χ2v) is 9.17. The van der Waals surface area contributed by atoms with Gasteiger partial charge in [0, 0.05) is 28.0 Å². The van der Waals surface area contributed by atoms with Gasteiger partial charge in [0.05, 0.1) is 12.1 Å². The van der Waals surface area contributed by atoms with Crippen molar-refractivity contribution >= 4 is 48.5 Å². The van der Waals surface area contributed by atoms with Crippen LogP contribution in [0.5, 0.6) is 5.75 Å². The summed E-state index contributed by atoms with van der Waals surface area (Å²) < 4.78 is 33.6. The number of H-pyrrole nitrogens is 1. The van der Waals surface area contributed by atoms with Gasteiger partial charge >= 0.3 is 0 Å². The third-order valence-corrected chi connectivity index (χ3v) is 6.46. The van der Waals surface area contributed by atoms with Crippen molar-refractivity contribution in [3.63, 3.8) is 0 Å². The molecule has 0 saturated carbocycles. The third kappa shape index (κ3) is 5.26. The van der Waals surface area contributed by atoms with Gasteiger partial charge in [-0.2, -0.15) is 5.10 Å². The van der Waals surface area contributed by atoms with Crippen LogP contribution in [0.15, 0.2) is 47.4 Å². The van der Waals surface area contributed by atoms with Crippen LogP contribution in [0.4, 0.5) is 0 Å². The van der Waals surface area contributed by atoms with Crippen LogP contribution >= 0.6 is 27.5 Å². The number of alkyl halides is 1. The van der Waals surface area contributed by atoms with Crippen molar-refractivity contribution in [2.24, 2.45) is 0 Å². The van der Waals surface area contributed by atoms with Gasteiger partial charge in [0.15, 0.2) is 0 Å². The molecule has 0 saturated heterocycles. The second-order valence-electron chi connectivity index (χ2n) is 6.20. The minimum Gasteiger partial charge on any atom is -0.492 e. The minimum atomic E-state index is -3.65. The lowest BCUT2D eigenvalue weighted by Crippen LogP contribution is -2.25. The van der Waals surface area contributed by atoms with Crippen LogP contribution in [-0.2, 0) is 16.4 Å². The van der Waals surface area contributed by atoms with Crippen molar-refractivity contribution in [2.75, 3.05) is 18.5 Å². The number of hydrogen-bond acceptors (Lipinski definition) is 4. The van der Waals surface area contributed by atoms with E-state index in [9.17, 15) is 8.42 Å². The highest BCUT2D eigenvalue weighted by molar-refractivity contribution is 9.09. The molecule has 0 spiro atoms. The summed E-state index contributed by atoms with van der Waals surface area (Å²) in [5.41, 5.74) is 1.78. The molecule has 1 heterocycles. The van der Waals surface area contributed by atoms with Gasteiger partial charge in [-0.1, -0.05) is 39.7 Å². The van der Waals surface area contributed by atoms with E-state index in [1.54, 1.807) is 30.3 Å². The minimum absolute atomic E-state index is 0.156. The number of nitrogens with zero attached hydrogens (tertiary/aromatic N) is 1. The molecule has 0 aliphatic heterocycles. The zero-order valence-electron chi connectivity index (χ0n) is 15.1. The summed E-state index contributed by atoms with van der Waals surface area (Å²) in [5, 5.41) is 9.64. The van der Waals surface area contributed by atoms with E-state index in [0.29, 0.717) is 36.8 Å². The Bertz CT molecular complexity index is 1040. The molecule has 3 aromatic rings. The largest absolute Gasteiger partial charge is 0.492 e. The predicted molar refractivity (Wildman–Crippen MR) is 115 cm³/mol. The van der Waals surface area contributed by atoms with Crippen LogP contribution in [0, 0.1) is 0 Å². The molecule has 0 unspecified atom stereocenters. The maximum Gasteiger partial charge on any atom is 0.244 e. The van der Waals surface area contributed by atoms with E-state index < -0.39 is 10.0 Å². The average molecular weight is 487 g/mol. The molecule has 9 heteroatoms. The lowest BCUT2D eigenvalue weighted by molar-refractivity contribution is 0.310. The number of fused-ring (bicyclic) bond motifs is 1. The van der Waals surface area contributed by atoms with Gasteiger partial charge in [0.1, 0.15) is 10.6 Å². The van der Waals surface area contributed by atoms with E-state index in [1.807, 2.05) is 12.1 Å². The van der Waals surface area contributed by atoms with Crippen molar-refractivity contribution in [3.8, 4) is 5.75 Å². The molecule has 2 N–H and O–H groups in total. The first-order valence-electron chi connectivity index (χ1n) is 8.91. The maximum absolute atomic E-state index is 12.7. The fourth-order valence-electron chi connectivity index (χ4n) is 2.80. The summed E-state index contributed by atoms with van der Waals surface area (Å²) >= 11 is 9.38. The molecule has 0 aliphatic carbocycles. The van der Waals surface area contributed by atoms with Crippen LogP contribution in [-0.4, -0.2) is 37.1 Å². The summed E-state index contributed by atoms with van der Waals surface area (Å²) in [4.78, 5) is 0.156. The van der Waals surface area contributed by atoms with Gasteiger partial charge in [0.25, 0.3) is 0 Å². The molecule has 0 amide bonds. The Hall–Kier alpha value is -1.61. The molecule has 0 atom stereocenters. The Morgan fingerprint density at radius 2 is 2.00 bits per heavy atom. The number of nitrogens with one attached hydrogen (secondary N) is 2. The molecular formula is C19H21BrClN3O3S. The van der Waals surface area contributed by atoms with E-state index in [2.05, 4.69) is 30.8 Å². The average Bonchev–Trinajstić information content (AvgIpc) is 3.08. The van der Waals surface area contributed by atoms with Crippen LogP contribution in [0.1, 0.15) is 18.5 Å². The van der Waals surface area contributed by atoms with E-state index in [0.717, 1.165) is 28.3 Å². The molecule has 150 valence electrons. The van der Waals surface area contributed by atoms with Crippen molar-refractivity contribution in [1.29, 1.82) is 0 Å². The van der Waals surface area contributed by atoms with Gasteiger partial charge in [-0.05, 0) is 49.6 Å². The number of halogens is 2. The lowest BCUT2D eigenvalue weighted by atomic mass is 10.1. The molecule has 3 rings (SSSR count). The number of aromatic nitrogens is 2. The Morgan fingerprint density at radius 3 is 2.82 bits per heavy atom. The van der Waals surface area contributed by atoms with Gasteiger partial charge in [-0.3, -0.25) is 5.10 Å². The van der Waals surface area contributed by atoms with Gasteiger partial charge < -0.3 is 4.74 Å². The number of hydrogen-bond donors (Lipinski definition) is 2.